The molecule has 0 atom stereocenters. The Morgan fingerprint density at radius 2 is 1.81 bits per heavy atom. The summed E-state index contributed by atoms with van der Waals surface area (Å²) in [5, 5.41) is 7.18. The molecule has 4 rings (SSSR count). The summed E-state index contributed by atoms with van der Waals surface area (Å²) in [7, 11) is 0. The van der Waals surface area contributed by atoms with Gasteiger partial charge in [-0.05, 0) is 44.6 Å². The second-order valence-electron chi connectivity index (χ2n) is 7.26. The zero-order valence-electron chi connectivity index (χ0n) is 15.9. The summed E-state index contributed by atoms with van der Waals surface area (Å²) in [5.74, 6) is 3.69. The van der Waals surface area contributed by atoms with Gasteiger partial charge in [-0.2, -0.15) is 4.98 Å². The Hall–Kier alpha value is -2.89. The van der Waals surface area contributed by atoms with Crippen LogP contribution in [0.15, 0.2) is 47.0 Å². The quantitative estimate of drug-likeness (QED) is 0.730. The van der Waals surface area contributed by atoms with E-state index in [4.69, 9.17) is 9.51 Å². The van der Waals surface area contributed by atoms with E-state index in [2.05, 4.69) is 50.7 Å². The van der Waals surface area contributed by atoms with E-state index in [0.29, 0.717) is 5.82 Å². The topological polar surface area (TPSA) is 67.1 Å². The van der Waals surface area contributed by atoms with Gasteiger partial charge in [0.2, 0.25) is 5.95 Å². The molecule has 1 aromatic carbocycles. The van der Waals surface area contributed by atoms with Crippen LogP contribution in [0, 0.1) is 19.8 Å². The third-order valence-corrected chi connectivity index (χ3v) is 4.99. The fraction of sp³-hybridized carbons (Fsp3) is 0.381. The molecule has 0 bridgehead atoms. The first-order valence-corrected chi connectivity index (χ1v) is 9.50. The normalized spacial score (nSPS) is 15.1. The zero-order valence-corrected chi connectivity index (χ0v) is 15.9. The van der Waals surface area contributed by atoms with Crippen LogP contribution in [0.2, 0.25) is 0 Å². The summed E-state index contributed by atoms with van der Waals surface area (Å²) in [4.78, 5) is 11.6. The first-order valence-electron chi connectivity index (χ1n) is 9.50. The monoisotopic (exact) mass is 363 g/mol. The third-order valence-electron chi connectivity index (χ3n) is 4.99. The number of nitrogens with zero attached hydrogens (tertiary/aromatic N) is 4. The van der Waals surface area contributed by atoms with Crippen molar-refractivity contribution in [3.05, 3.63) is 59.5 Å². The highest BCUT2D eigenvalue weighted by molar-refractivity contribution is 5.54. The number of piperidine rings is 1. The van der Waals surface area contributed by atoms with Gasteiger partial charge in [0.25, 0.3) is 0 Å². The molecule has 0 amide bonds. The molecule has 0 unspecified atom stereocenters. The van der Waals surface area contributed by atoms with Crippen LogP contribution in [0.4, 0.5) is 17.6 Å². The summed E-state index contributed by atoms with van der Waals surface area (Å²) in [5.41, 5.74) is 2.37. The van der Waals surface area contributed by atoms with Crippen LogP contribution in [-0.4, -0.2) is 28.2 Å². The lowest BCUT2D eigenvalue weighted by Crippen LogP contribution is -2.35. The number of hydrogen-bond donors (Lipinski definition) is 1. The molecule has 1 N–H and O–H groups in total. The van der Waals surface area contributed by atoms with Crippen molar-refractivity contribution in [1.29, 1.82) is 0 Å². The van der Waals surface area contributed by atoms with Gasteiger partial charge < -0.3 is 14.7 Å². The maximum atomic E-state index is 5.11. The van der Waals surface area contributed by atoms with E-state index in [1.165, 1.54) is 5.56 Å². The number of aryl methyl sites for hydroxylation is 2. The minimum Gasteiger partial charge on any atom is -0.360 e. The third kappa shape index (κ3) is 4.45. The summed E-state index contributed by atoms with van der Waals surface area (Å²) in [6.45, 7) is 5.84. The fourth-order valence-corrected chi connectivity index (χ4v) is 3.60. The molecule has 140 valence electrons. The van der Waals surface area contributed by atoms with E-state index < -0.39 is 0 Å². The van der Waals surface area contributed by atoms with Gasteiger partial charge in [0.05, 0.1) is 0 Å². The Labute approximate surface area is 159 Å². The predicted octanol–water partition coefficient (Wildman–Crippen LogP) is 4.28. The van der Waals surface area contributed by atoms with Crippen molar-refractivity contribution in [3.63, 3.8) is 0 Å². The maximum absolute atomic E-state index is 5.11. The maximum Gasteiger partial charge on any atom is 0.227 e. The standard InChI is InChI=1S/C21H25N5O/c1-15-12-19(23-20-13-16(2)27-25-20)24-21(22-15)26-10-8-18(9-11-26)14-17-6-4-3-5-7-17/h3-7,12-13,18H,8-11,14H2,1-2H3,(H,22,23,24,25). The van der Waals surface area contributed by atoms with Gasteiger partial charge >= 0.3 is 0 Å². The SMILES string of the molecule is Cc1cc(Nc2cc(C)on2)nc(N2CCC(Cc3ccccc3)CC2)n1. The molecule has 6 nitrogen and oxygen atoms in total. The molecule has 6 heteroatoms. The molecular formula is C21H25N5O. The summed E-state index contributed by atoms with van der Waals surface area (Å²) in [6, 6.07) is 14.5. The minimum absolute atomic E-state index is 0.665. The van der Waals surface area contributed by atoms with E-state index in [1.54, 1.807) is 0 Å². The van der Waals surface area contributed by atoms with Gasteiger partial charge in [-0.3, -0.25) is 0 Å². The molecule has 1 fully saturated rings. The summed E-state index contributed by atoms with van der Waals surface area (Å²) >= 11 is 0. The van der Waals surface area contributed by atoms with Crippen molar-refractivity contribution in [2.24, 2.45) is 5.92 Å². The van der Waals surface area contributed by atoms with Gasteiger partial charge in [0.1, 0.15) is 11.6 Å². The molecule has 0 aliphatic carbocycles. The van der Waals surface area contributed by atoms with Gasteiger partial charge in [-0.15, -0.1) is 0 Å². The Morgan fingerprint density at radius 3 is 2.52 bits per heavy atom. The van der Waals surface area contributed by atoms with Crippen LogP contribution in [-0.2, 0) is 6.42 Å². The number of hydrogen-bond acceptors (Lipinski definition) is 6. The first-order chi connectivity index (χ1) is 13.2. The second kappa shape index (κ2) is 7.78. The number of anilines is 3. The number of benzene rings is 1. The van der Waals surface area contributed by atoms with Crippen molar-refractivity contribution < 1.29 is 4.52 Å². The summed E-state index contributed by atoms with van der Waals surface area (Å²) < 4.78 is 5.11. The van der Waals surface area contributed by atoms with E-state index in [1.807, 2.05) is 26.0 Å². The Bertz CT molecular complexity index is 885. The van der Waals surface area contributed by atoms with Crippen molar-refractivity contribution in [2.75, 3.05) is 23.3 Å². The Kier molecular flexibility index (Phi) is 5.05. The van der Waals surface area contributed by atoms with Gasteiger partial charge in [-0.1, -0.05) is 35.5 Å². The molecule has 0 radical (unpaired) electrons. The van der Waals surface area contributed by atoms with E-state index in [-0.39, 0.29) is 0 Å². The van der Waals surface area contributed by atoms with Crippen LogP contribution in [0.5, 0.6) is 0 Å². The fourth-order valence-electron chi connectivity index (χ4n) is 3.60. The Morgan fingerprint density at radius 1 is 1.04 bits per heavy atom. The van der Waals surface area contributed by atoms with E-state index in [0.717, 1.165) is 61.5 Å². The van der Waals surface area contributed by atoms with Crippen LogP contribution in [0.25, 0.3) is 0 Å². The molecule has 1 aliphatic rings. The minimum atomic E-state index is 0.665. The van der Waals surface area contributed by atoms with Crippen molar-refractivity contribution in [1.82, 2.24) is 15.1 Å². The number of nitrogens with one attached hydrogen (secondary N) is 1. The van der Waals surface area contributed by atoms with Crippen LogP contribution in [0.1, 0.15) is 29.9 Å². The smallest absolute Gasteiger partial charge is 0.227 e. The molecular weight excluding hydrogens is 338 g/mol. The average molecular weight is 363 g/mol. The molecule has 3 heterocycles. The van der Waals surface area contributed by atoms with Crippen LogP contribution >= 0.6 is 0 Å². The highest BCUT2D eigenvalue weighted by Crippen LogP contribution is 2.25. The first kappa shape index (κ1) is 17.5. The summed E-state index contributed by atoms with van der Waals surface area (Å²) in [6.07, 6.45) is 3.48. The van der Waals surface area contributed by atoms with E-state index in [9.17, 15) is 0 Å². The lowest BCUT2D eigenvalue weighted by molar-refractivity contribution is 0.399. The number of aromatic nitrogens is 3. The predicted molar refractivity (Wildman–Crippen MR) is 106 cm³/mol. The van der Waals surface area contributed by atoms with Crippen molar-refractivity contribution >= 4 is 17.6 Å². The largest absolute Gasteiger partial charge is 0.360 e. The molecule has 0 spiro atoms. The Balaban J connectivity index is 1.40. The molecule has 27 heavy (non-hydrogen) atoms. The molecule has 0 saturated carbocycles. The average Bonchev–Trinajstić information content (AvgIpc) is 3.07. The van der Waals surface area contributed by atoms with Gasteiger partial charge in [-0.25, -0.2) is 4.98 Å². The zero-order chi connectivity index (χ0) is 18.6. The number of rotatable bonds is 5. The van der Waals surface area contributed by atoms with Crippen LogP contribution in [0.3, 0.4) is 0 Å². The van der Waals surface area contributed by atoms with Crippen molar-refractivity contribution in [2.45, 2.75) is 33.1 Å². The van der Waals surface area contributed by atoms with Gasteiger partial charge in [0, 0.05) is 30.9 Å². The lowest BCUT2D eigenvalue weighted by atomic mass is 9.90. The molecule has 3 aromatic rings. The highest BCUT2D eigenvalue weighted by Gasteiger charge is 2.22. The second-order valence-corrected chi connectivity index (χ2v) is 7.26. The van der Waals surface area contributed by atoms with Crippen LogP contribution < -0.4 is 10.2 Å². The molecule has 1 saturated heterocycles. The van der Waals surface area contributed by atoms with Crippen molar-refractivity contribution in [3.8, 4) is 0 Å². The van der Waals surface area contributed by atoms with Gasteiger partial charge in [0.15, 0.2) is 5.82 Å². The van der Waals surface area contributed by atoms with E-state index >= 15 is 0 Å². The molecule has 2 aromatic heterocycles. The highest BCUT2D eigenvalue weighted by atomic mass is 16.5. The lowest BCUT2D eigenvalue weighted by Gasteiger charge is -2.32. The molecule has 1 aliphatic heterocycles.